The van der Waals surface area contributed by atoms with Crippen molar-refractivity contribution in [2.75, 3.05) is 0 Å². The zero-order chi connectivity index (χ0) is 15.0. The summed E-state index contributed by atoms with van der Waals surface area (Å²) in [6, 6.07) is 9.88. The van der Waals surface area contributed by atoms with E-state index < -0.39 is 0 Å². The summed E-state index contributed by atoms with van der Waals surface area (Å²) in [4.78, 5) is 12.6. The van der Waals surface area contributed by atoms with Crippen molar-refractivity contribution >= 4 is 5.97 Å². The monoisotopic (exact) mass is 274 g/mol. The van der Waals surface area contributed by atoms with Gasteiger partial charge in [0.05, 0.1) is 5.41 Å². The maximum absolute atomic E-state index is 12.6. The van der Waals surface area contributed by atoms with E-state index in [1.165, 1.54) is 0 Å². The van der Waals surface area contributed by atoms with E-state index >= 15 is 0 Å². The summed E-state index contributed by atoms with van der Waals surface area (Å²) in [7, 11) is 0. The van der Waals surface area contributed by atoms with Crippen molar-refractivity contribution in [1.29, 1.82) is 0 Å². The number of carbonyl (C=O) groups excluding carboxylic acids is 1. The van der Waals surface area contributed by atoms with Crippen LogP contribution in [0.1, 0.15) is 53.0 Å². The van der Waals surface area contributed by atoms with Gasteiger partial charge in [-0.1, -0.05) is 65.0 Å². The van der Waals surface area contributed by atoms with Crippen LogP contribution >= 0.6 is 0 Å². The van der Waals surface area contributed by atoms with Crippen molar-refractivity contribution < 1.29 is 9.53 Å². The predicted molar refractivity (Wildman–Crippen MR) is 81.1 cm³/mol. The van der Waals surface area contributed by atoms with Gasteiger partial charge in [-0.2, -0.15) is 0 Å². The van der Waals surface area contributed by atoms with Gasteiger partial charge in [0.2, 0.25) is 0 Å². The lowest BCUT2D eigenvalue weighted by atomic mass is 9.79. The summed E-state index contributed by atoms with van der Waals surface area (Å²) < 4.78 is 5.60. The molecule has 0 radical (unpaired) electrons. The Morgan fingerprint density at radius 3 is 2.20 bits per heavy atom. The molecule has 0 saturated heterocycles. The molecule has 2 heteroatoms. The fraction of sp³-hybridized carbons (Fsp3) is 0.611. The van der Waals surface area contributed by atoms with Crippen molar-refractivity contribution in [2.45, 2.75) is 54.1 Å². The highest BCUT2D eigenvalue weighted by Crippen LogP contribution is 2.68. The van der Waals surface area contributed by atoms with Gasteiger partial charge < -0.3 is 4.74 Å². The second-order valence-corrected chi connectivity index (χ2v) is 7.94. The van der Waals surface area contributed by atoms with Crippen molar-refractivity contribution in [3.8, 4) is 0 Å². The maximum atomic E-state index is 12.6. The van der Waals surface area contributed by atoms with Crippen LogP contribution < -0.4 is 0 Å². The molecule has 1 fully saturated rings. The minimum atomic E-state index is -0.292. The molecule has 1 aromatic carbocycles. The molecule has 0 bridgehead atoms. The molecule has 1 aromatic rings. The van der Waals surface area contributed by atoms with Crippen LogP contribution in [0.2, 0.25) is 0 Å². The van der Waals surface area contributed by atoms with Crippen LogP contribution in [0.25, 0.3) is 0 Å². The van der Waals surface area contributed by atoms with Gasteiger partial charge in [-0.25, -0.2) is 0 Å². The van der Waals surface area contributed by atoms with Crippen LogP contribution in [-0.4, -0.2) is 5.97 Å². The molecule has 2 rings (SSSR count). The minimum Gasteiger partial charge on any atom is -0.460 e. The van der Waals surface area contributed by atoms with Crippen LogP contribution in [-0.2, 0) is 16.1 Å². The molecule has 0 aromatic heterocycles. The van der Waals surface area contributed by atoms with E-state index in [0.717, 1.165) is 18.4 Å². The molecule has 1 aliphatic carbocycles. The Bertz CT molecular complexity index is 482. The number of benzene rings is 1. The van der Waals surface area contributed by atoms with E-state index in [0.29, 0.717) is 6.61 Å². The predicted octanol–water partition coefficient (Wildman–Crippen LogP) is 4.58. The number of hydrogen-bond donors (Lipinski definition) is 0. The van der Waals surface area contributed by atoms with Crippen molar-refractivity contribution in [1.82, 2.24) is 0 Å². The lowest BCUT2D eigenvalue weighted by Gasteiger charge is -2.27. The third-order valence-electron chi connectivity index (χ3n) is 4.35. The Kier molecular flexibility index (Phi) is 3.70. The highest BCUT2D eigenvalue weighted by molar-refractivity contribution is 5.81. The van der Waals surface area contributed by atoms with Crippen molar-refractivity contribution in [2.24, 2.45) is 16.2 Å². The first-order valence-electron chi connectivity index (χ1n) is 7.38. The lowest BCUT2D eigenvalue weighted by Crippen LogP contribution is -2.28. The van der Waals surface area contributed by atoms with E-state index in [-0.39, 0.29) is 22.2 Å². The number of rotatable bonds is 4. The highest BCUT2D eigenvalue weighted by Gasteiger charge is 2.67. The SMILES string of the molecule is CC(C)(C)CC1(C(=O)OCc2ccccc2)CC1(C)C. The molecule has 20 heavy (non-hydrogen) atoms. The summed E-state index contributed by atoms with van der Waals surface area (Å²) in [6.45, 7) is 11.3. The molecule has 0 amide bonds. The van der Waals surface area contributed by atoms with E-state index in [1.807, 2.05) is 30.3 Å². The molecule has 110 valence electrons. The molecule has 1 unspecified atom stereocenters. The van der Waals surface area contributed by atoms with Gasteiger partial charge in [-0.3, -0.25) is 4.79 Å². The first-order chi connectivity index (χ1) is 9.16. The van der Waals surface area contributed by atoms with E-state index in [4.69, 9.17) is 4.74 Å². The van der Waals surface area contributed by atoms with Crippen molar-refractivity contribution in [3.63, 3.8) is 0 Å². The van der Waals surface area contributed by atoms with Gasteiger partial charge in [0.15, 0.2) is 0 Å². The number of ether oxygens (including phenoxy) is 1. The molecule has 0 spiro atoms. The van der Waals surface area contributed by atoms with Crippen LogP contribution in [0.4, 0.5) is 0 Å². The summed E-state index contributed by atoms with van der Waals surface area (Å²) in [5.74, 6) is -0.0266. The van der Waals surface area contributed by atoms with Crippen molar-refractivity contribution in [3.05, 3.63) is 35.9 Å². The van der Waals surface area contributed by atoms with E-state index in [1.54, 1.807) is 0 Å². The topological polar surface area (TPSA) is 26.3 Å². The Labute approximate surface area is 122 Å². The molecule has 1 atom stereocenters. The zero-order valence-corrected chi connectivity index (χ0v) is 13.3. The van der Waals surface area contributed by atoms with E-state index in [2.05, 4.69) is 34.6 Å². The molecular weight excluding hydrogens is 248 g/mol. The fourth-order valence-electron chi connectivity index (χ4n) is 3.20. The smallest absolute Gasteiger partial charge is 0.312 e. The Balaban J connectivity index is 2.03. The largest absolute Gasteiger partial charge is 0.460 e. The van der Waals surface area contributed by atoms with Crippen LogP contribution in [0.3, 0.4) is 0 Å². The standard InChI is InChI=1S/C18H26O2/c1-16(2,3)12-18(13-17(18,4)5)15(19)20-11-14-9-7-6-8-10-14/h6-10H,11-13H2,1-5H3. The van der Waals surface area contributed by atoms with Crippen LogP contribution in [0.15, 0.2) is 30.3 Å². The first kappa shape index (κ1) is 15.1. The van der Waals surface area contributed by atoms with Gasteiger partial charge >= 0.3 is 5.97 Å². The highest BCUT2D eigenvalue weighted by atomic mass is 16.5. The molecule has 0 heterocycles. The minimum absolute atomic E-state index is 0.0266. The quantitative estimate of drug-likeness (QED) is 0.751. The molecule has 2 nitrogen and oxygen atoms in total. The second-order valence-electron chi connectivity index (χ2n) is 7.94. The maximum Gasteiger partial charge on any atom is 0.312 e. The lowest BCUT2D eigenvalue weighted by molar-refractivity contribution is -0.154. The average molecular weight is 274 g/mol. The Hall–Kier alpha value is -1.31. The summed E-state index contributed by atoms with van der Waals surface area (Å²) in [5, 5.41) is 0. The average Bonchev–Trinajstić information content (AvgIpc) is 2.88. The molecule has 1 saturated carbocycles. The van der Waals surface area contributed by atoms with Gasteiger partial charge in [0, 0.05) is 0 Å². The number of carbonyl (C=O) groups is 1. The van der Waals surface area contributed by atoms with E-state index in [9.17, 15) is 4.79 Å². The fourth-order valence-corrected chi connectivity index (χ4v) is 3.20. The van der Waals surface area contributed by atoms with Gasteiger partial charge in [0.1, 0.15) is 6.61 Å². The van der Waals surface area contributed by atoms with Crippen LogP contribution in [0.5, 0.6) is 0 Å². The zero-order valence-electron chi connectivity index (χ0n) is 13.3. The molecular formula is C18H26O2. The number of hydrogen-bond acceptors (Lipinski definition) is 2. The Morgan fingerprint density at radius 1 is 1.20 bits per heavy atom. The second kappa shape index (κ2) is 4.91. The van der Waals surface area contributed by atoms with Gasteiger partial charge in [-0.15, -0.1) is 0 Å². The van der Waals surface area contributed by atoms with Crippen LogP contribution in [0, 0.1) is 16.2 Å². The summed E-state index contributed by atoms with van der Waals surface area (Å²) >= 11 is 0. The Morgan fingerprint density at radius 2 is 1.75 bits per heavy atom. The van der Waals surface area contributed by atoms with Gasteiger partial charge in [0.25, 0.3) is 0 Å². The first-order valence-corrected chi connectivity index (χ1v) is 7.38. The summed E-state index contributed by atoms with van der Waals surface area (Å²) in [5.41, 5.74) is 0.957. The number of esters is 1. The third-order valence-corrected chi connectivity index (χ3v) is 4.35. The molecule has 0 N–H and O–H groups in total. The third kappa shape index (κ3) is 3.05. The normalized spacial score (nSPS) is 24.2. The molecule has 0 aliphatic heterocycles. The van der Waals surface area contributed by atoms with Gasteiger partial charge in [-0.05, 0) is 29.2 Å². The summed E-state index contributed by atoms with van der Waals surface area (Å²) in [6.07, 6.45) is 1.82. The molecule has 1 aliphatic rings.